The number of aromatic nitrogens is 2. The van der Waals surface area contributed by atoms with Crippen LogP contribution in [-0.4, -0.2) is 43.8 Å². The molecule has 4 rings (SSSR count). The van der Waals surface area contributed by atoms with Crippen LogP contribution >= 0.6 is 0 Å². The summed E-state index contributed by atoms with van der Waals surface area (Å²) in [6.07, 6.45) is 4.62. The van der Waals surface area contributed by atoms with Crippen molar-refractivity contribution in [3.63, 3.8) is 0 Å². The molecule has 2 aromatic carbocycles. The van der Waals surface area contributed by atoms with E-state index in [1.807, 2.05) is 30.3 Å². The number of nitrogens with zero attached hydrogens (tertiary/aromatic N) is 3. The number of anilines is 1. The third kappa shape index (κ3) is 3.78. The van der Waals surface area contributed by atoms with Crippen LogP contribution in [0.4, 0.5) is 5.95 Å². The van der Waals surface area contributed by atoms with Crippen molar-refractivity contribution >= 4 is 26.0 Å². The lowest BCUT2D eigenvalue weighted by Gasteiger charge is -2.18. The highest BCUT2D eigenvalue weighted by Crippen LogP contribution is 2.28. The average molecular weight is 433 g/mol. The topological polar surface area (TPSA) is 101 Å². The van der Waals surface area contributed by atoms with Crippen LogP contribution in [0.25, 0.3) is 5.69 Å². The molecule has 1 saturated heterocycles. The van der Waals surface area contributed by atoms with Gasteiger partial charge in [0.25, 0.3) is 10.0 Å². The fraction of sp³-hybridized carbons (Fsp3) is 0.211. The Kier molecular flexibility index (Phi) is 5.15. The normalized spacial score (nSPS) is 15.4. The van der Waals surface area contributed by atoms with Crippen LogP contribution in [0.3, 0.4) is 0 Å². The van der Waals surface area contributed by atoms with Crippen LogP contribution in [0.1, 0.15) is 12.8 Å². The molecular formula is C19H20N4O4S2. The Morgan fingerprint density at radius 3 is 2.14 bits per heavy atom. The van der Waals surface area contributed by atoms with Gasteiger partial charge < -0.3 is 0 Å². The van der Waals surface area contributed by atoms with E-state index in [4.69, 9.17) is 0 Å². The zero-order valence-corrected chi connectivity index (χ0v) is 17.1. The second kappa shape index (κ2) is 7.62. The number of sulfonamides is 2. The lowest BCUT2D eigenvalue weighted by Crippen LogP contribution is -2.30. The van der Waals surface area contributed by atoms with Crippen molar-refractivity contribution in [3.05, 3.63) is 67.0 Å². The summed E-state index contributed by atoms with van der Waals surface area (Å²) >= 11 is 0. The Morgan fingerprint density at radius 2 is 1.45 bits per heavy atom. The molecule has 0 unspecified atom stereocenters. The van der Waals surface area contributed by atoms with Crippen LogP contribution in [0.5, 0.6) is 0 Å². The van der Waals surface area contributed by atoms with Crippen molar-refractivity contribution in [3.8, 4) is 5.69 Å². The van der Waals surface area contributed by atoms with Gasteiger partial charge in [0.2, 0.25) is 16.0 Å². The van der Waals surface area contributed by atoms with Crippen LogP contribution in [0.15, 0.2) is 76.8 Å². The van der Waals surface area contributed by atoms with Crippen molar-refractivity contribution in [2.45, 2.75) is 22.6 Å². The molecule has 2 heterocycles. The molecule has 1 aromatic heterocycles. The van der Waals surface area contributed by atoms with Crippen molar-refractivity contribution < 1.29 is 16.8 Å². The van der Waals surface area contributed by atoms with Crippen molar-refractivity contribution in [2.75, 3.05) is 17.8 Å². The van der Waals surface area contributed by atoms with Crippen molar-refractivity contribution in [1.82, 2.24) is 13.9 Å². The molecule has 1 N–H and O–H groups in total. The molecule has 0 saturated carbocycles. The number of rotatable bonds is 6. The molecule has 8 nitrogen and oxygen atoms in total. The van der Waals surface area contributed by atoms with Gasteiger partial charge in [-0.3, -0.25) is 4.57 Å². The Bertz CT molecular complexity index is 1220. The first-order valence-corrected chi connectivity index (χ1v) is 12.0. The first-order chi connectivity index (χ1) is 13.9. The summed E-state index contributed by atoms with van der Waals surface area (Å²) in [5.74, 6) is 0.0737. The highest BCUT2D eigenvalue weighted by atomic mass is 32.2. The van der Waals surface area contributed by atoms with Gasteiger partial charge >= 0.3 is 0 Å². The van der Waals surface area contributed by atoms with E-state index in [1.165, 1.54) is 34.8 Å². The minimum Gasteiger partial charge on any atom is -0.286 e. The third-order valence-electron chi connectivity index (χ3n) is 4.72. The minimum absolute atomic E-state index is 0.0737. The molecule has 0 bridgehead atoms. The molecule has 0 aliphatic carbocycles. The van der Waals surface area contributed by atoms with Gasteiger partial charge in [-0.15, -0.1) is 0 Å². The molecule has 0 amide bonds. The number of hydrogen-bond acceptors (Lipinski definition) is 5. The highest BCUT2D eigenvalue weighted by Gasteiger charge is 2.33. The van der Waals surface area contributed by atoms with Gasteiger partial charge in [-0.05, 0) is 37.1 Å². The van der Waals surface area contributed by atoms with Gasteiger partial charge in [0.15, 0.2) is 0 Å². The first kappa shape index (κ1) is 19.6. The lowest BCUT2D eigenvalue weighted by molar-refractivity contribution is 0.475. The number of benzene rings is 2. The van der Waals surface area contributed by atoms with Crippen LogP contribution in [-0.2, 0) is 20.0 Å². The van der Waals surface area contributed by atoms with E-state index in [-0.39, 0.29) is 15.7 Å². The standard InChI is InChI=1S/C19H20N4O4S2/c24-28(25,21-19-20-12-15-23(19)16-8-2-1-3-9-16)17-10-4-5-11-18(17)29(26,27)22-13-6-7-14-22/h1-5,8-12,15H,6-7,13-14H2,(H,20,21). The molecule has 1 aliphatic heterocycles. The first-order valence-electron chi connectivity index (χ1n) is 9.10. The smallest absolute Gasteiger partial charge is 0.265 e. The molecule has 0 radical (unpaired) electrons. The predicted molar refractivity (Wildman–Crippen MR) is 109 cm³/mol. The van der Waals surface area contributed by atoms with Gasteiger partial charge in [-0.25, -0.2) is 26.5 Å². The Labute approximate surface area is 169 Å². The van der Waals surface area contributed by atoms with E-state index < -0.39 is 20.0 Å². The molecule has 3 aromatic rings. The molecule has 1 fully saturated rings. The van der Waals surface area contributed by atoms with Gasteiger partial charge in [0.05, 0.1) is 0 Å². The fourth-order valence-electron chi connectivity index (χ4n) is 3.30. The zero-order chi connectivity index (χ0) is 20.5. The van der Waals surface area contributed by atoms with Crippen molar-refractivity contribution in [1.29, 1.82) is 0 Å². The maximum Gasteiger partial charge on any atom is 0.265 e. The molecule has 10 heteroatoms. The number of nitrogens with one attached hydrogen (secondary N) is 1. The average Bonchev–Trinajstić information content (AvgIpc) is 3.41. The van der Waals surface area contributed by atoms with E-state index in [2.05, 4.69) is 9.71 Å². The molecular weight excluding hydrogens is 412 g/mol. The highest BCUT2D eigenvalue weighted by molar-refractivity contribution is 7.94. The third-order valence-corrected chi connectivity index (χ3v) is 8.19. The summed E-state index contributed by atoms with van der Waals surface area (Å²) in [6.45, 7) is 0.783. The van der Waals surface area contributed by atoms with Crippen LogP contribution in [0.2, 0.25) is 0 Å². The van der Waals surface area contributed by atoms with Gasteiger partial charge in [0.1, 0.15) is 9.79 Å². The van der Waals surface area contributed by atoms with E-state index in [0.717, 1.165) is 18.5 Å². The second-order valence-electron chi connectivity index (χ2n) is 6.62. The predicted octanol–water partition coefficient (Wildman–Crippen LogP) is 2.46. The van der Waals surface area contributed by atoms with E-state index >= 15 is 0 Å². The number of para-hydroxylation sites is 1. The lowest BCUT2D eigenvalue weighted by atomic mass is 10.3. The molecule has 0 atom stereocenters. The summed E-state index contributed by atoms with van der Waals surface area (Å²) < 4.78 is 57.6. The number of imidazole rings is 1. The Hall–Kier alpha value is -2.69. The molecule has 1 aliphatic rings. The van der Waals surface area contributed by atoms with Gasteiger partial charge in [-0.1, -0.05) is 30.3 Å². The van der Waals surface area contributed by atoms with E-state index in [1.54, 1.807) is 10.8 Å². The van der Waals surface area contributed by atoms with Crippen molar-refractivity contribution in [2.24, 2.45) is 0 Å². The Morgan fingerprint density at radius 1 is 0.828 bits per heavy atom. The monoisotopic (exact) mass is 432 g/mol. The quantitative estimate of drug-likeness (QED) is 0.645. The SMILES string of the molecule is O=S(=O)(Nc1nccn1-c1ccccc1)c1ccccc1S(=O)(=O)N1CCCC1. The van der Waals surface area contributed by atoms with Gasteiger partial charge in [0, 0.05) is 31.2 Å². The van der Waals surface area contributed by atoms with Crippen LogP contribution < -0.4 is 4.72 Å². The maximum atomic E-state index is 13.1. The summed E-state index contributed by atoms with van der Waals surface area (Å²) in [5, 5.41) is 0. The second-order valence-corrected chi connectivity index (χ2v) is 10.2. The Balaban J connectivity index is 1.73. The van der Waals surface area contributed by atoms with E-state index in [9.17, 15) is 16.8 Å². The molecule has 152 valence electrons. The summed E-state index contributed by atoms with van der Waals surface area (Å²) in [6, 6.07) is 14.8. The minimum atomic E-state index is -4.20. The molecule has 29 heavy (non-hydrogen) atoms. The van der Waals surface area contributed by atoms with E-state index in [0.29, 0.717) is 13.1 Å². The van der Waals surface area contributed by atoms with Crippen LogP contribution in [0, 0.1) is 0 Å². The fourth-order valence-corrected chi connectivity index (χ4v) is 6.63. The van der Waals surface area contributed by atoms with Gasteiger partial charge in [-0.2, -0.15) is 4.31 Å². The summed E-state index contributed by atoms with van der Waals surface area (Å²) in [7, 11) is -8.10. The number of hydrogen-bond donors (Lipinski definition) is 1. The maximum absolute atomic E-state index is 13.1. The summed E-state index contributed by atoms with van der Waals surface area (Å²) in [5.41, 5.74) is 0.723. The zero-order valence-electron chi connectivity index (χ0n) is 15.5. The summed E-state index contributed by atoms with van der Waals surface area (Å²) in [4.78, 5) is 3.56. The largest absolute Gasteiger partial charge is 0.286 e. The molecule has 0 spiro atoms.